The molecular formula is C19H25NO3S. The van der Waals surface area contributed by atoms with Crippen LogP contribution in [0.3, 0.4) is 0 Å². The van der Waals surface area contributed by atoms with Crippen molar-refractivity contribution in [3.05, 3.63) is 59.7 Å². The molecule has 1 N–H and O–H groups in total. The summed E-state index contributed by atoms with van der Waals surface area (Å²) in [6, 6.07) is 14.1. The molecule has 0 radical (unpaired) electrons. The first-order valence-electron chi connectivity index (χ1n) is 8.05. The minimum atomic E-state index is -3.57. The fourth-order valence-corrected chi connectivity index (χ4v) is 3.77. The van der Waals surface area contributed by atoms with Crippen LogP contribution in [0.4, 0.5) is 0 Å². The Kier molecular flexibility index (Phi) is 6.02. The Balaban J connectivity index is 2.28. The summed E-state index contributed by atoms with van der Waals surface area (Å²) >= 11 is 0. The van der Waals surface area contributed by atoms with Crippen molar-refractivity contribution >= 4 is 10.0 Å². The third kappa shape index (κ3) is 4.82. The van der Waals surface area contributed by atoms with Gasteiger partial charge in [0, 0.05) is 6.04 Å². The van der Waals surface area contributed by atoms with Gasteiger partial charge in [-0.2, -0.15) is 0 Å². The van der Waals surface area contributed by atoms with Gasteiger partial charge in [0.25, 0.3) is 0 Å². The summed E-state index contributed by atoms with van der Waals surface area (Å²) in [4.78, 5) is 0.287. The summed E-state index contributed by atoms with van der Waals surface area (Å²) in [6.45, 7) is 6.09. The molecule has 0 bridgehead atoms. The number of aryl methyl sites for hydroxylation is 1. The molecule has 0 unspecified atom stereocenters. The summed E-state index contributed by atoms with van der Waals surface area (Å²) in [6.07, 6.45) is 0.720. The SMILES string of the molecule is COc1ccc([C@@H](CC(C)C)NS(=O)(=O)c2ccc(C)cc2)cc1. The molecule has 0 aromatic heterocycles. The zero-order valence-corrected chi connectivity index (χ0v) is 15.4. The van der Waals surface area contributed by atoms with Crippen molar-refractivity contribution in [2.24, 2.45) is 5.92 Å². The molecule has 130 valence electrons. The van der Waals surface area contributed by atoms with Gasteiger partial charge in [0.1, 0.15) is 5.75 Å². The largest absolute Gasteiger partial charge is 0.497 e. The predicted octanol–water partition coefficient (Wildman–Crippen LogP) is 4.07. The van der Waals surface area contributed by atoms with Gasteiger partial charge < -0.3 is 4.74 Å². The number of rotatable bonds is 7. The van der Waals surface area contributed by atoms with Crippen LogP contribution in [0.25, 0.3) is 0 Å². The Labute approximate surface area is 144 Å². The van der Waals surface area contributed by atoms with E-state index in [0.29, 0.717) is 5.92 Å². The zero-order valence-electron chi connectivity index (χ0n) is 14.6. The molecule has 0 amide bonds. The normalized spacial score (nSPS) is 13.0. The van der Waals surface area contributed by atoms with E-state index in [1.807, 2.05) is 31.2 Å². The van der Waals surface area contributed by atoms with Crippen molar-refractivity contribution in [1.82, 2.24) is 4.72 Å². The lowest BCUT2D eigenvalue weighted by atomic mass is 9.98. The minimum Gasteiger partial charge on any atom is -0.497 e. The molecule has 2 rings (SSSR count). The number of sulfonamides is 1. The van der Waals surface area contributed by atoms with Crippen molar-refractivity contribution in [3.63, 3.8) is 0 Å². The van der Waals surface area contributed by atoms with E-state index in [0.717, 1.165) is 23.3 Å². The first-order valence-corrected chi connectivity index (χ1v) is 9.53. The van der Waals surface area contributed by atoms with Crippen LogP contribution in [0.5, 0.6) is 5.75 Å². The number of methoxy groups -OCH3 is 1. The van der Waals surface area contributed by atoms with Crippen molar-refractivity contribution in [1.29, 1.82) is 0 Å². The van der Waals surface area contributed by atoms with E-state index in [4.69, 9.17) is 4.74 Å². The summed E-state index contributed by atoms with van der Waals surface area (Å²) < 4.78 is 33.4. The number of hydrogen-bond acceptors (Lipinski definition) is 3. The lowest BCUT2D eigenvalue weighted by Gasteiger charge is -2.21. The second-order valence-corrected chi connectivity index (χ2v) is 8.10. The lowest BCUT2D eigenvalue weighted by Crippen LogP contribution is -2.29. The highest BCUT2D eigenvalue weighted by molar-refractivity contribution is 7.89. The molecule has 2 aromatic rings. The molecule has 0 fully saturated rings. The van der Waals surface area contributed by atoms with E-state index in [1.165, 1.54) is 0 Å². The van der Waals surface area contributed by atoms with Gasteiger partial charge in [-0.15, -0.1) is 0 Å². The number of benzene rings is 2. The van der Waals surface area contributed by atoms with Gasteiger partial charge in [0.05, 0.1) is 12.0 Å². The maximum atomic E-state index is 12.7. The van der Waals surface area contributed by atoms with E-state index >= 15 is 0 Å². The highest BCUT2D eigenvalue weighted by Crippen LogP contribution is 2.25. The van der Waals surface area contributed by atoms with E-state index in [2.05, 4.69) is 18.6 Å². The Morgan fingerprint density at radius 1 is 1.00 bits per heavy atom. The van der Waals surface area contributed by atoms with Crippen molar-refractivity contribution < 1.29 is 13.2 Å². The Morgan fingerprint density at radius 3 is 2.08 bits per heavy atom. The van der Waals surface area contributed by atoms with Gasteiger partial charge in [0.2, 0.25) is 10.0 Å². The molecular weight excluding hydrogens is 322 g/mol. The summed E-state index contributed by atoms with van der Waals surface area (Å²) in [5, 5.41) is 0. The molecule has 0 aliphatic heterocycles. The third-order valence-corrected chi connectivity index (χ3v) is 5.34. The van der Waals surface area contributed by atoms with E-state index in [1.54, 1.807) is 31.4 Å². The molecule has 0 saturated heterocycles. The summed E-state index contributed by atoms with van der Waals surface area (Å²) in [5.74, 6) is 1.11. The molecule has 0 saturated carbocycles. The monoisotopic (exact) mass is 347 g/mol. The fourth-order valence-electron chi connectivity index (χ4n) is 2.53. The van der Waals surface area contributed by atoms with Gasteiger partial charge in [-0.1, -0.05) is 43.7 Å². The van der Waals surface area contributed by atoms with Gasteiger partial charge in [-0.25, -0.2) is 13.1 Å². The smallest absolute Gasteiger partial charge is 0.241 e. The molecule has 0 spiro atoms. The van der Waals surface area contributed by atoms with Crippen LogP contribution in [0.15, 0.2) is 53.4 Å². The molecule has 0 aliphatic carbocycles. The van der Waals surface area contributed by atoms with Gasteiger partial charge in [-0.3, -0.25) is 0 Å². The Bertz CT molecular complexity index is 750. The standard InChI is InChI=1S/C19H25NO3S/c1-14(2)13-19(16-7-9-17(23-4)10-8-16)20-24(21,22)18-11-5-15(3)6-12-18/h5-12,14,19-20H,13H2,1-4H3/t19-/m1/s1. The minimum absolute atomic E-state index is 0.276. The van der Waals surface area contributed by atoms with Crippen LogP contribution in [-0.4, -0.2) is 15.5 Å². The molecule has 2 aromatic carbocycles. The molecule has 4 nitrogen and oxygen atoms in total. The third-order valence-electron chi connectivity index (χ3n) is 3.85. The molecule has 1 atom stereocenters. The van der Waals surface area contributed by atoms with E-state index in [9.17, 15) is 8.42 Å². The predicted molar refractivity (Wildman–Crippen MR) is 96.7 cm³/mol. The first-order chi connectivity index (χ1) is 11.3. The fraction of sp³-hybridized carbons (Fsp3) is 0.368. The molecule has 24 heavy (non-hydrogen) atoms. The topological polar surface area (TPSA) is 55.4 Å². The summed E-state index contributed by atoms with van der Waals surface area (Å²) in [7, 11) is -1.96. The second-order valence-electron chi connectivity index (χ2n) is 6.39. The first kappa shape index (κ1) is 18.5. The Morgan fingerprint density at radius 2 is 1.58 bits per heavy atom. The number of nitrogens with one attached hydrogen (secondary N) is 1. The van der Waals surface area contributed by atoms with Crippen LogP contribution in [0.1, 0.15) is 37.4 Å². The van der Waals surface area contributed by atoms with Crippen LogP contribution >= 0.6 is 0 Å². The maximum Gasteiger partial charge on any atom is 0.241 e. The van der Waals surface area contributed by atoms with Crippen LogP contribution in [0.2, 0.25) is 0 Å². The quantitative estimate of drug-likeness (QED) is 0.821. The van der Waals surface area contributed by atoms with Gasteiger partial charge in [-0.05, 0) is 49.1 Å². The zero-order chi connectivity index (χ0) is 17.7. The summed E-state index contributed by atoms with van der Waals surface area (Å²) in [5.41, 5.74) is 1.96. The molecule has 5 heteroatoms. The van der Waals surface area contributed by atoms with Crippen LogP contribution in [0, 0.1) is 12.8 Å². The number of ether oxygens (including phenoxy) is 1. The van der Waals surface area contributed by atoms with Crippen molar-refractivity contribution in [3.8, 4) is 5.75 Å². The molecule has 0 aliphatic rings. The maximum absolute atomic E-state index is 12.7. The van der Waals surface area contributed by atoms with Gasteiger partial charge in [0.15, 0.2) is 0 Å². The molecule has 0 heterocycles. The van der Waals surface area contributed by atoms with E-state index < -0.39 is 10.0 Å². The number of hydrogen-bond donors (Lipinski definition) is 1. The van der Waals surface area contributed by atoms with Gasteiger partial charge >= 0.3 is 0 Å². The van der Waals surface area contributed by atoms with Crippen molar-refractivity contribution in [2.45, 2.75) is 38.1 Å². The van der Waals surface area contributed by atoms with Crippen LogP contribution in [-0.2, 0) is 10.0 Å². The second kappa shape index (κ2) is 7.81. The average molecular weight is 347 g/mol. The highest BCUT2D eigenvalue weighted by Gasteiger charge is 2.22. The Hall–Kier alpha value is -1.85. The van der Waals surface area contributed by atoms with Crippen molar-refractivity contribution in [2.75, 3.05) is 7.11 Å². The van der Waals surface area contributed by atoms with Crippen LogP contribution < -0.4 is 9.46 Å². The highest BCUT2D eigenvalue weighted by atomic mass is 32.2. The van der Waals surface area contributed by atoms with E-state index in [-0.39, 0.29) is 10.9 Å². The lowest BCUT2D eigenvalue weighted by molar-refractivity contribution is 0.414. The average Bonchev–Trinajstić information content (AvgIpc) is 2.54.